The molecule has 4 nitrogen and oxygen atoms in total. The van der Waals surface area contributed by atoms with E-state index in [1.807, 2.05) is 11.0 Å². The predicted molar refractivity (Wildman–Crippen MR) is 93.5 cm³/mol. The van der Waals surface area contributed by atoms with E-state index < -0.39 is 0 Å². The molecule has 0 N–H and O–H groups in total. The highest BCUT2D eigenvalue weighted by Gasteiger charge is 2.38. The number of likely N-dealkylation sites (tertiary alicyclic amines) is 1. The molecule has 2 aromatic rings. The fourth-order valence-electron chi connectivity index (χ4n) is 3.49. The van der Waals surface area contributed by atoms with E-state index in [1.54, 1.807) is 0 Å². The number of hydrogen-bond acceptors (Lipinski definition) is 2. The highest BCUT2D eigenvalue weighted by atomic mass is 16.2. The van der Waals surface area contributed by atoms with Gasteiger partial charge in [-0.25, -0.2) is 4.98 Å². The Hall–Kier alpha value is -1.84. The van der Waals surface area contributed by atoms with Crippen molar-refractivity contribution in [2.75, 3.05) is 6.54 Å². The highest BCUT2D eigenvalue weighted by molar-refractivity contribution is 5.81. The predicted octanol–water partition coefficient (Wildman–Crippen LogP) is 3.95. The van der Waals surface area contributed by atoms with Gasteiger partial charge in [0.25, 0.3) is 0 Å². The first-order valence-corrected chi connectivity index (χ1v) is 8.67. The van der Waals surface area contributed by atoms with Gasteiger partial charge in [0.15, 0.2) is 0 Å². The van der Waals surface area contributed by atoms with Gasteiger partial charge in [-0.1, -0.05) is 25.5 Å². The third-order valence-corrected chi connectivity index (χ3v) is 4.72. The van der Waals surface area contributed by atoms with Gasteiger partial charge in [-0.05, 0) is 39.3 Å². The van der Waals surface area contributed by atoms with Gasteiger partial charge in [0.1, 0.15) is 5.82 Å². The number of para-hydroxylation sites is 2. The van der Waals surface area contributed by atoms with Crippen LogP contribution in [-0.2, 0) is 11.3 Å². The lowest BCUT2D eigenvalue weighted by Crippen LogP contribution is -2.42. The zero-order valence-corrected chi connectivity index (χ0v) is 14.7. The molecule has 124 valence electrons. The largest absolute Gasteiger partial charge is 0.337 e. The van der Waals surface area contributed by atoms with Crippen LogP contribution < -0.4 is 0 Å². The van der Waals surface area contributed by atoms with E-state index in [2.05, 4.69) is 50.5 Å². The van der Waals surface area contributed by atoms with Crippen LogP contribution in [0, 0.1) is 0 Å². The monoisotopic (exact) mass is 313 g/mol. The molecule has 1 fully saturated rings. The van der Waals surface area contributed by atoms with Crippen LogP contribution in [0.3, 0.4) is 0 Å². The maximum Gasteiger partial charge on any atom is 0.223 e. The lowest BCUT2D eigenvalue weighted by Gasteiger charge is -2.32. The first kappa shape index (κ1) is 16.0. The number of aryl methyl sites for hydroxylation is 1. The summed E-state index contributed by atoms with van der Waals surface area (Å²) in [5, 5.41) is 0. The zero-order chi connectivity index (χ0) is 16.6. The highest BCUT2D eigenvalue weighted by Crippen LogP contribution is 2.33. The Bertz CT molecular complexity index is 711. The number of amides is 1. The minimum Gasteiger partial charge on any atom is -0.337 e. The van der Waals surface area contributed by atoms with E-state index in [4.69, 9.17) is 4.98 Å². The zero-order valence-electron chi connectivity index (χ0n) is 14.7. The van der Waals surface area contributed by atoms with Crippen molar-refractivity contribution >= 4 is 16.9 Å². The summed E-state index contributed by atoms with van der Waals surface area (Å²) in [5.41, 5.74) is 2.12. The molecule has 1 aromatic carbocycles. The molecule has 1 amide bonds. The average molecular weight is 313 g/mol. The Balaban J connectivity index is 1.98. The topological polar surface area (TPSA) is 38.1 Å². The number of nitrogens with zero attached hydrogens (tertiary/aromatic N) is 3. The summed E-state index contributed by atoms with van der Waals surface area (Å²) in [4.78, 5) is 19.3. The van der Waals surface area contributed by atoms with Crippen LogP contribution in [0.4, 0.5) is 0 Å². The molecular weight excluding hydrogens is 286 g/mol. The van der Waals surface area contributed by atoms with Crippen LogP contribution in [0.25, 0.3) is 11.0 Å². The molecule has 1 aliphatic rings. The normalized spacial score (nSPS) is 19.0. The standard InChI is InChI=1S/C19H27N3O/c1-5-6-11-21-16-10-8-7-9-15(16)20-18(21)14-12-17(23)22(13-14)19(2,3)4/h7-10,14H,5-6,11-13H2,1-4H3. The number of rotatable bonds is 4. The summed E-state index contributed by atoms with van der Waals surface area (Å²) in [6.45, 7) is 10.3. The smallest absolute Gasteiger partial charge is 0.223 e. The molecule has 3 rings (SSSR count). The van der Waals surface area contributed by atoms with Gasteiger partial charge in [0, 0.05) is 31.0 Å². The molecule has 0 aliphatic carbocycles. The van der Waals surface area contributed by atoms with E-state index in [-0.39, 0.29) is 17.4 Å². The fraction of sp³-hybridized carbons (Fsp3) is 0.579. The number of hydrogen-bond donors (Lipinski definition) is 0. The molecule has 23 heavy (non-hydrogen) atoms. The summed E-state index contributed by atoms with van der Waals surface area (Å²) in [7, 11) is 0. The van der Waals surface area contributed by atoms with Crippen molar-refractivity contribution in [3.05, 3.63) is 30.1 Å². The van der Waals surface area contributed by atoms with Gasteiger partial charge in [0.05, 0.1) is 11.0 Å². The van der Waals surface area contributed by atoms with Crippen LogP contribution in [0.2, 0.25) is 0 Å². The van der Waals surface area contributed by atoms with E-state index in [9.17, 15) is 4.79 Å². The van der Waals surface area contributed by atoms with Crippen molar-refractivity contribution in [3.8, 4) is 0 Å². The van der Waals surface area contributed by atoms with Crippen molar-refractivity contribution in [1.29, 1.82) is 0 Å². The summed E-state index contributed by atoms with van der Waals surface area (Å²) in [6, 6.07) is 8.31. The van der Waals surface area contributed by atoms with E-state index in [1.165, 1.54) is 5.52 Å². The molecule has 1 atom stereocenters. The molecule has 1 aromatic heterocycles. The molecule has 4 heteroatoms. The number of carbonyl (C=O) groups excluding carboxylic acids is 1. The number of fused-ring (bicyclic) bond motifs is 1. The summed E-state index contributed by atoms with van der Waals surface area (Å²) in [6.07, 6.45) is 2.87. The molecule has 1 saturated heterocycles. The first-order chi connectivity index (χ1) is 10.9. The Morgan fingerprint density at radius 2 is 2.00 bits per heavy atom. The van der Waals surface area contributed by atoms with Crippen molar-refractivity contribution in [2.45, 2.75) is 65.0 Å². The Morgan fingerprint density at radius 1 is 1.26 bits per heavy atom. The van der Waals surface area contributed by atoms with Crippen molar-refractivity contribution in [1.82, 2.24) is 14.5 Å². The Labute approximate surface area is 138 Å². The molecule has 0 bridgehead atoms. The molecule has 0 radical (unpaired) electrons. The van der Waals surface area contributed by atoms with Crippen LogP contribution >= 0.6 is 0 Å². The van der Waals surface area contributed by atoms with E-state index in [0.717, 1.165) is 37.3 Å². The number of aromatic nitrogens is 2. The second-order valence-electron chi connectivity index (χ2n) is 7.54. The molecule has 2 heterocycles. The van der Waals surface area contributed by atoms with E-state index >= 15 is 0 Å². The second-order valence-corrected chi connectivity index (χ2v) is 7.54. The SMILES string of the molecule is CCCCn1c(C2CC(=O)N(C(C)(C)C)C2)nc2ccccc21. The van der Waals surface area contributed by atoms with Crippen LogP contribution in [-0.4, -0.2) is 32.4 Å². The fourth-order valence-corrected chi connectivity index (χ4v) is 3.49. The first-order valence-electron chi connectivity index (χ1n) is 8.67. The minimum absolute atomic E-state index is 0.119. The molecule has 0 saturated carbocycles. The third kappa shape index (κ3) is 2.99. The van der Waals surface area contributed by atoms with Gasteiger partial charge in [-0.2, -0.15) is 0 Å². The summed E-state index contributed by atoms with van der Waals surface area (Å²) in [5.74, 6) is 1.53. The summed E-state index contributed by atoms with van der Waals surface area (Å²) < 4.78 is 2.34. The number of imidazole rings is 1. The van der Waals surface area contributed by atoms with Gasteiger partial charge >= 0.3 is 0 Å². The molecule has 0 spiro atoms. The minimum atomic E-state index is -0.119. The van der Waals surface area contributed by atoms with Crippen molar-refractivity contribution in [3.63, 3.8) is 0 Å². The summed E-state index contributed by atoms with van der Waals surface area (Å²) >= 11 is 0. The van der Waals surface area contributed by atoms with Gasteiger partial charge in [-0.15, -0.1) is 0 Å². The Morgan fingerprint density at radius 3 is 2.65 bits per heavy atom. The molecule has 1 unspecified atom stereocenters. The third-order valence-electron chi connectivity index (χ3n) is 4.72. The quantitative estimate of drug-likeness (QED) is 0.857. The lowest BCUT2D eigenvalue weighted by atomic mass is 10.1. The lowest BCUT2D eigenvalue weighted by molar-refractivity contribution is -0.131. The van der Waals surface area contributed by atoms with Gasteiger partial charge in [0.2, 0.25) is 5.91 Å². The van der Waals surface area contributed by atoms with Crippen molar-refractivity contribution < 1.29 is 4.79 Å². The molecular formula is C19H27N3O. The van der Waals surface area contributed by atoms with Crippen LogP contribution in [0.5, 0.6) is 0 Å². The average Bonchev–Trinajstić information content (AvgIpc) is 3.05. The second kappa shape index (κ2) is 5.99. The van der Waals surface area contributed by atoms with E-state index in [0.29, 0.717) is 6.42 Å². The number of carbonyl (C=O) groups is 1. The Kier molecular flexibility index (Phi) is 4.17. The molecule has 1 aliphatic heterocycles. The maximum absolute atomic E-state index is 12.4. The maximum atomic E-state index is 12.4. The number of unbranched alkanes of at least 4 members (excludes halogenated alkanes) is 1. The van der Waals surface area contributed by atoms with Gasteiger partial charge in [-0.3, -0.25) is 4.79 Å². The van der Waals surface area contributed by atoms with Crippen LogP contribution in [0.15, 0.2) is 24.3 Å². The van der Waals surface area contributed by atoms with Crippen LogP contribution in [0.1, 0.15) is 58.7 Å². The number of benzene rings is 1. The van der Waals surface area contributed by atoms with Gasteiger partial charge < -0.3 is 9.47 Å². The van der Waals surface area contributed by atoms with Crippen molar-refractivity contribution in [2.24, 2.45) is 0 Å².